The normalized spacial score (nSPS) is 21.7. The molecule has 214 valence electrons. The molecule has 2 saturated heterocycles. The summed E-state index contributed by atoms with van der Waals surface area (Å²) < 4.78 is 67.1. The number of aromatic nitrogens is 3. The Labute approximate surface area is 230 Å². The molecule has 2 atom stereocenters. The van der Waals surface area contributed by atoms with Crippen molar-refractivity contribution in [2.45, 2.75) is 68.6 Å². The zero-order chi connectivity index (χ0) is 28.0. The van der Waals surface area contributed by atoms with Crippen LogP contribution in [0.1, 0.15) is 75.1 Å². The highest BCUT2D eigenvalue weighted by atomic mass is 32.2. The topological polar surface area (TPSA) is 124 Å². The molecule has 3 fully saturated rings. The second kappa shape index (κ2) is 10.7. The van der Waals surface area contributed by atoms with E-state index in [-0.39, 0.29) is 51.2 Å². The lowest BCUT2D eigenvalue weighted by atomic mass is 10.1. The Balaban J connectivity index is 1.48. The van der Waals surface area contributed by atoms with Gasteiger partial charge in [0.1, 0.15) is 17.6 Å². The van der Waals surface area contributed by atoms with Crippen LogP contribution in [0.4, 0.5) is 26.0 Å². The third kappa shape index (κ3) is 5.41. The predicted molar refractivity (Wildman–Crippen MR) is 143 cm³/mol. The van der Waals surface area contributed by atoms with Crippen LogP contribution in [0.3, 0.4) is 0 Å². The number of hydrogen-bond donors (Lipinski definition) is 2. The number of alkyl halides is 2. The van der Waals surface area contributed by atoms with E-state index < -0.39 is 28.3 Å². The van der Waals surface area contributed by atoms with Crippen molar-refractivity contribution in [1.82, 2.24) is 14.5 Å². The molecular formula is C27H31F2N5O5S. The Hall–Kier alpha value is -3.16. The summed E-state index contributed by atoms with van der Waals surface area (Å²) in [6, 6.07) is 6.51. The van der Waals surface area contributed by atoms with Crippen LogP contribution in [-0.4, -0.2) is 48.3 Å². The average molecular weight is 576 g/mol. The van der Waals surface area contributed by atoms with Crippen molar-refractivity contribution in [1.29, 1.82) is 0 Å². The van der Waals surface area contributed by atoms with Crippen LogP contribution in [0.2, 0.25) is 0 Å². The zero-order valence-electron chi connectivity index (χ0n) is 22.0. The van der Waals surface area contributed by atoms with E-state index in [1.165, 1.54) is 10.6 Å². The quantitative estimate of drug-likeness (QED) is 0.365. The summed E-state index contributed by atoms with van der Waals surface area (Å²) in [5.41, 5.74) is 1.48. The molecule has 13 heteroatoms. The van der Waals surface area contributed by atoms with Crippen LogP contribution in [0.25, 0.3) is 11.2 Å². The van der Waals surface area contributed by atoms with E-state index >= 15 is 0 Å². The number of carbonyl (C=O) groups is 1. The van der Waals surface area contributed by atoms with E-state index in [0.717, 1.165) is 50.3 Å². The maximum absolute atomic E-state index is 14.3. The maximum Gasteiger partial charge on any atom is 0.295 e. The number of hydrogen-bond acceptors (Lipinski definition) is 8. The Morgan fingerprint density at radius 1 is 1.02 bits per heavy atom. The standard InChI is InChI=1S/C27H31F2N5O5S/c1-40(36,37)20-13-16(19-5-4-12-38-19)9-10-17(20)30-18-14-21(32-27(35)15-7-8-15)31-25-23(18)33-26(24(28)29)34(25)22-6-2-3-11-39-22/h9-10,13-15,19,22,24H,2-8,11-12H2,1H3,(H2,30,31,32,35). The molecule has 2 N–H and O–H groups in total. The van der Waals surface area contributed by atoms with Crippen LogP contribution < -0.4 is 10.6 Å². The smallest absolute Gasteiger partial charge is 0.295 e. The van der Waals surface area contributed by atoms with Gasteiger partial charge in [0.15, 0.2) is 21.3 Å². The van der Waals surface area contributed by atoms with Gasteiger partial charge in [0, 0.05) is 31.5 Å². The van der Waals surface area contributed by atoms with E-state index in [2.05, 4.69) is 20.6 Å². The number of sulfone groups is 1. The highest BCUT2D eigenvalue weighted by Gasteiger charge is 2.32. The Bertz CT molecular complexity index is 1540. The summed E-state index contributed by atoms with van der Waals surface area (Å²) in [5.74, 6) is -0.661. The third-order valence-corrected chi connectivity index (χ3v) is 8.63. The van der Waals surface area contributed by atoms with Crippen LogP contribution >= 0.6 is 0 Å². The lowest BCUT2D eigenvalue weighted by Crippen LogP contribution is -2.21. The minimum atomic E-state index is -3.69. The molecule has 2 aromatic heterocycles. The fourth-order valence-corrected chi connectivity index (χ4v) is 6.18. The van der Waals surface area contributed by atoms with Crippen LogP contribution in [0.15, 0.2) is 29.2 Å². The van der Waals surface area contributed by atoms with Gasteiger partial charge in [0.25, 0.3) is 6.43 Å². The summed E-state index contributed by atoms with van der Waals surface area (Å²) >= 11 is 0. The number of amides is 1. The van der Waals surface area contributed by atoms with Gasteiger partial charge in [0.05, 0.1) is 22.4 Å². The highest BCUT2D eigenvalue weighted by Crippen LogP contribution is 2.39. The molecule has 6 rings (SSSR count). The van der Waals surface area contributed by atoms with Gasteiger partial charge in [-0.1, -0.05) is 6.07 Å². The summed E-state index contributed by atoms with van der Waals surface area (Å²) in [6.07, 6.45) is 2.70. The largest absolute Gasteiger partial charge is 0.374 e. The minimum absolute atomic E-state index is 0.0400. The molecule has 2 unspecified atom stereocenters. The fourth-order valence-electron chi connectivity index (χ4n) is 5.31. The monoisotopic (exact) mass is 575 g/mol. The van der Waals surface area contributed by atoms with Gasteiger partial charge in [-0.3, -0.25) is 9.36 Å². The molecule has 1 amide bonds. The van der Waals surface area contributed by atoms with E-state index in [1.54, 1.807) is 18.2 Å². The number of ether oxygens (including phenoxy) is 2. The highest BCUT2D eigenvalue weighted by molar-refractivity contribution is 7.90. The first-order valence-electron chi connectivity index (χ1n) is 13.5. The minimum Gasteiger partial charge on any atom is -0.374 e. The predicted octanol–water partition coefficient (Wildman–Crippen LogP) is 5.42. The SMILES string of the molecule is CS(=O)(=O)c1cc(C2CCCO2)ccc1Nc1cc(NC(=O)C2CC2)nc2c1nc(C(F)F)n2C1CCCCO1. The molecule has 3 aromatic rings. The van der Waals surface area contributed by atoms with Crippen LogP contribution in [0.5, 0.6) is 0 Å². The lowest BCUT2D eigenvalue weighted by Gasteiger charge is -2.25. The van der Waals surface area contributed by atoms with Crippen molar-refractivity contribution in [2.75, 3.05) is 30.1 Å². The number of benzene rings is 1. The molecule has 2 aliphatic heterocycles. The van der Waals surface area contributed by atoms with E-state index in [1.807, 2.05) is 0 Å². The molecule has 1 saturated carbocycles. The van der Waals surface area contributed by atoms with E-state index in [9.17, 15) is 22.0 Å². The maximum atomic E-state index is 14.3. The van der Waals surface area contributed by atoms with Gasteiger partial charge >= 0.3 is 0 Å². The van der Waals surface area contributed by atoms with E-state index in [0.29, 0.717) is 19.6 Å². The molecule has 4 heterocycles. The lowest BCUT2D eigenvalue weighted by molar-refractivity contribution is -0.117. The average Bonchev–Trinajstić information content (AvgIpc) is 3.49. The summed E-state index contributed by atoms with van der Waals surface area (Å²) in [4.78, 5) is 21.4. The fraction of sp³-hybridized carbons (Fsp3) is 0.519. The van der Waals surface area contributed by atoms with Gasteiger partial charge in [-0.15, -0.1) is 0 Å². The number of nitrogens with one attached hydrogen (secondary N) is 2. The number of halogens is 2. The van der Waals surface area contributed by atoms with Crippen molar-refractivity contribution in [3.8, 4) is 0 Å². The summed E-state index contributed by atoms with van der Waals surface area (Å²) in [5, 5.41) is 5.90. The van der Waals surface area contributed by atoms with Crippen molar-refractivity contribution in [2.24, 2.45) is 5.92 Å². The van der Waals surface area contributed by atoms with Gasteiger partial charge in [0.2, 0.25) is 5.91 Å². The van der Waals surface area contributed by atoms with Crippen molar-refractivity contribution in [3.63, 3.8) is 0 Å². The first kappa shape index (κ1) is 27.0. The van der Waals surface area contributed by atoms with Gasteiger partial charge in [-0.05, 0) is 62.6 Å². The van der Waals surface area contributed by atoms with Crippen molar-refractivity contribution in [3.05, 3.63) is 35.7 Å². The Kier molecular flexibility index (Phi) is 7.21. The number of pyridine rings is 1. The number of imidazole rings is 1. The zero-order valence-corrected chi connectivity index (χ0v) is 22.8. The van der Waals surface area contributed by atoms with Gasteiger partial charge < -0.3 is 20.1 Å². The Morgan fingerprint density at radius 2 is 1.82 bits per heavy atom. The number of fused-ring (bicyclic) bond motifs is 1. The summed E-state index contributed by atoms with van der Waals surface area (Å²) in [6.45, 7) is 1.04. The molecule has 1 aromatic carbocycles. The molecule has 40 heavy (non-hydrogen) atoms. The molecule has 0 radical (unpaired) electrons. The second-order valence-corrected chi connectivity index (χ2v) is 12.6. The summed E-state index contributed by atoms with van der Waals surface area (Å²) in [7, 11) is -3.69. The van der Waals surface area contributed by atoms with Crippen molar-refractivity contribution < 1.29 is 31.5 Å². The molecule has 10 nitrogen and oxygen atoms in total. The molecule has 0 bridgehead atoms. The number of anilines is 3. The first-order chi connectivity index (χ1) is 19.2. The number of carbonyl (C=O) groups excluding carboxylic acids is 1. The molecular weight excluding hydrogens is 544 g/mol. The van der Waals surface area contributed by atoms with E-state index in [4.69, 9.17) is 9.47 Å². The Morgan fingerprint density at radius 3 is 2.48 bits per heavy atom. The van der Waals surface area contributed by atoms with Crippen molar-refractivity contribution >= 4 is 44.1 Å². The molecule has 3 aliphatic rings. The third-order valence-electron chi connectivity index (χ3n) is 7.49. The number of nitrogens with zero attached hydrogens (tertiary/aromatic N) is 3. The van der Waals surface area contributed by atoms with Crippen LogP contribution in [0, 0.1) is 5.92 Å². The molecule has 1 aliphatic carbocycles. The number of rotatable bonds is 8. The van der Waals surface area contributed by atoms with Crippen LogP contribution in [-0.2, 0) is 24.1 Å². The van der Waals surface area contributed by atoms with Gasteiger partial charge in [-0.2, -0.15) is 0 Å². The molecule has 0 spiro atoms. The second-order valence-electron chi connectivity index (χ2n) is 10.6. The first-order valence-corrected chi connectivity index (χ1v) is 15.4. The van der Waals surface area contributed by atoms with Gasteiger partial charge in [-0.25, -0.2) is 27.2 Å².